The van der Waals surface area contributed by atoms with Crippen molar-refractivity contribution in [3.63, 3.8) is 0 Å². The zero-order valence-electron chi connectivity index (χ0n) is 16.1. The molecule has 3 rings (SSSR count). The third-order valence-corrected chi connectivity index (χ3v) is 7.88. The molecule has 1 aliphatic carbocycles. The van der Waals surface area contributed by atoms with E-state index in [2.05, 4.69) is 5.32 Å². The van der Waals surface area contributed by atoms with Gasteiger partial charge < -0.3 is 15.0 Å². The lowest BCUT2D eigenvalue weighted by Gasteiger charge is -2.48. The number of carbonyl (C=O) groups excluding carboxylic acids is 1. The number of likely N-dealkylation sites (tertiary alicyclic amines) is 1. The fourth-order valence-electron chi connectivity index (χ4n) is 4.26. The summed E-state index contributed by atoms with van der Waals surface area (Å²) in [5, 5.41) is 2.93. The Morgan fingerprint density at radius 2 is 1.88 bits per heavy atom. The first-order valence-corrected chi connectivity index (χ1v) is 11.7. The second-order valence-electron chi connectivity index (χ2n) is 7.86. The SMILES string of the molecule is CCCNC(=O)N1CCC2(CC1)CC(N(C1CC1)S(=O)(=O)CC)CCO2. The van der Waals surface area contributed by atoms with E-state index >= 15 is 0 Å². The molecule has 2 heterocycles. The number of sulfonamides is 1. The first kappa shape index (κ1) is 19.9. The number of rotatable bonds is 6. The largest absolute Gasteiger partial charge is 0.375 e. The second-order valence-corrected chi connectivity index (χ2v) is 10.0. The lowest BCUT2D eigenvalue weighted by molar-refractivity contribution is -0.122. The minimum Gasteiger partial charge on any atom is -0.375 e. The molecule has 2 aliphatic heterocycles. The van der Waals surface area contributed by atoms with Crippen molar-refractivity contribution < 1.29 is 17.9 Å². The summed E-state index contributed by atoms with van der Waals surface area (Å²) in [6.07, 6.45) is 5.99. The maximum absolute atomic E-state index is 12.6. The number of urea groups is 1. The molecule has 1 N–H and O–H groups in total. The van der Waals surface area contributed by atoms with Crippen LogP contribution in [0.1, 0.15) is 58.8 Å². The van der Waals surface area contributed by atoms with E-state index in [9.17, 15) is 13.2 Å². The van der Waals surface area contributed by atoms with Gasteiger partial charge in [0.2, 0.25) is 10.0 Å². The van der Waals surface area contributed by atoms with Gasteiger partial charge in [-0.25, -0.2) is 13.2 Å². The fraction of sp³-hybridized carbons (Fsp3) is 0.944. The van der Waals surface area contributed by atoms with Crippen molar-refractivity contribution in [2.24, 2.45) is 0 Å². The lowest BCUT2D eigenvalue weighted by atomic mass is 9.82. The lowest BCUT2D eigenvalue weighted by Crippen LogP contribution is -2.56. The van der Waals surface area contributed by atoms with Crippen LogP contribution in [0.25, 0.3) is 0 Å². The number of hydrogen-bond acceptors (Lipinski definition) is 4. The van der Waals surface area contributed by atoms with E-state index in [4.69, 9.17) is 4.74 Å². The molecule has 2 saturated heterocycles. The molecule has 1 unspecified atom stereocenters. The van der Waals surface area contributed by atoms with Crippen molar-refractivity contribution in [2.75, 3.05) is 32.0 Å². The second kappa shape index (κ2) is 8.02. The van der Waals surface area contributed by atoms with Crippen molar-refractivity contribution >= 4 is 16.1 Å². The highest BCUT2D eigenvalue weighted by molar-refractivity contribution is 7.89. The quantitative estimate of drug-likeness (QED) is 0.755. The fourth-order valence-corrected chi connectivity index (χ4v) is 5.86. The van der Waals surface area contributed by atoms with Crippen LogP contribution in [-0.4, -0.2) is 73.3 Å². The molecular weight excluding hydrogens is 354 g/mol. The number of ether oxygens (including phenoxy) is 1. The van der Waals surface area contributed by atoms with Crippen molar-refractivity contribution in [1.82, 2.24) is 14.5 Å². The molecule has 1 saturated carbocycles. The molecular formula is C18H33N3O4S. The van der Waals surface area contributed by atoms with Gasteiger partial charge in [-0.15, -0.1) is 0 Å². The Kier molecular flexibility index (Phi) is 6.14. The molecule has 7 nitrogen and oxygen atoms in total. The molecule has 3 aliphatic rings. The van der Waals surface area contributed by atoms with E-state index in [1.54, 1.807) is 11.2 Å². The van der Waals surface area contributed by atoms with E-state index < -0.39 is 10.0 Å². The molecule has 150 valence electrons. The number of nitrogens with one attached hydrogen (secondary N) is 1. The Labute approximate surface area is 157 Å². The van der Waals surface area contributed by atoms with Crippen LogP contribution in [0, 0.1) is 0 Å². The molecule has 1 atom stereocenters. The standard InChI is InChI=1S/C18H33N3O4S/c1-3-10-19-17(22)20-11-8-18(9-12-20)14-16(7-13-25-18)21(15-5-6-15)26(23,24)4-2/h15-16H,3-14H2,1-2H3,(H,19,22). The maximum Gasteiger partial charge on any atom is 0.317 e. The smallest absolute Gasteiger partial charge is 0.317 e. The van der Waals surface area contributed by atoms with E-state index in [1.807, 2.05) is 11.8 Å². The number of carbonyl (C=O) groups is 1. The van der Waals surface area contributed by atoms with Gasteiger partial charge in [0.25, 0.3) is 0 Å². The first-order valence-electron chi connectivity index (χ1n) is 10.1. The molecule has 1 spiro atoms. The Balaban J connectivity index is 1.63. The Bertz CT molecular complexity index is 598. The molecule has 26 heavy (non-hydrogen) atoms. The highest BCUT2D eigenvalue weighted by Crippen LogP contribution is 2.41. The number of piperidine rings is 1. The topological polar surface area (TPSA) is 79.0 Å². The van der Waals surface area contributed by atoms with Crippen LogP contribution < -0.4 is 5.32 Å². The number of amides is 2. The third-order valence-electron chi connectivity index (χ3n) is 5.91. The zero-order chi connectivity index (χ0) is 18.8. The maximum atomic E-state index is 12.6. The molecule has 0 radical (unpaired) electrons. The monoisotopic (exact) mass is 387 g/mol. The van der Waals surface area contributed by atoms with Gasteiger partial charge in [0.15, 0.2) is 0 Å². The van der Waals surface area contributed by atoms with E-state index in [0.29, 0.717) is 26.2 Å². The Hall–Kier alpha value is -0.860. The van der Waals surface area contributed by atoms with Crippen LogP contribution in [0.4, 0.5) is 4.79 Å². The molecule has 8 heteroatoms. The number of hydrogen-bond donors (Lipinski definition) is 1. The van der Waals surface area contributed by atoms with Crippen LogP contribution in [0.5, 0.6) is 0 Å². The van der Waals surface area contributed by atoms with Gasteiger partial charge >= 0.3 is 6.03 Å². The van der Waals surface area contributed by atoms with Gasteiger partial charge in [-0.3, -0.25) is 0 Å². The zero-order valence-corrected chi connectivity index (χ0v) is 16.9. The molecule has 0 aromatic rings. The third kappa shape index (κ3) is 4.34. The normalized spacial score (nSPS) is 26.3. The van der Waals surface area contributed by atoms with Crippen molar-refractivity contribution in [3.8, 4) is 0 Å². The summed E-state index contributed by atoms with van der Waals surface area (Å²) in [5.41, 5.74) is -0.277. The van der Waals surface area contributed by atoms with Gasteiger partial charge in [0.05, 0.1) is 11.4 Å². The first-order chi connectivity index (χ1) is 12.4. The van der Waals surface area contributed by atoms with Crippen molar-refractivity contribution in [2.45, 2.75) is 76.5 Å². The van der Waals surface area contributed by atoms with E-state index in [1.165, 1.54) is 0 Å². The van der Waals surface area contributed by atoms with Crippen LogP contribution in [0.2, 0.25) is 0 Å². The average Bonchev–Trinajstić information content (AvgIpc) is 3.45. The molecule has 3 fully saturated rings. The van der Waals surface area contributed by atoms with Gasteiger partial charge in [-0.05, 0) is 51.9 Å². The minimum atomic E-state index is -3.18. The van der Waals surface area contributed by atoms with Gasteiger partial charge in [-0.2, -0.15) is 4.31 Å². The van der Waals surface area contributed by atoms with Gasteiger partial charge in [0.1, 0.15) is 0 Å². The highest BCUT2D eigenvalue weighted by atomic mass is 32.2. The van der Waals surface area contributed by atoms with Crippen LogP contribution >= 0.6 is 0 Å². The molecule has 0 aromatic carbocycles. The summed E-state index contributed by atoms with van der Waals surface area (Å²) < 4.78 is 33.2. The van der Waals surface area contributed by atoms with Gasteiger partial charge in [-0.1, -0.05) is 6.92 Å². The Morgan fingerprint density at radius 3 is 2.46 bits per heavy atom. The molecule has 0 bridgehead atoms. The average molecular weight is 388 g/mol. The van der Waals surface area contributed by atoms with E-state index in [0.717, 1.165) is 44.9 Å². The Morgan fingerprint density at radius 1 is 1.19 bits per heavy atom. The predicted octanol–water partition coefficient (Wildman–Crippen LogP) is 1.93. The highest BCUT2D eigenvalue weighted by Gasteiger charge is 2.48. The predicted molar refractivity (Wildman–Crippen MR) is 101 cm³/mol. The summed E-state index contributed by atoms with van der Waals surface area (Å²) in [6.45, 7) is 6.42. The summed E-state index contributed by atoms with van der Waals surface area (Å²) in [4.78, 5) is 14.0. The van der Waals surface area contributed by atoms with Crippen molar-refractivity contribution in [1.29, 1.82) is 0 Å². The summed E-state index contributed by atoms with van der Waals surface area (Å²) in [6, 6.07) is 0.240. The minimum absolute atomic E-state index is 0.00206. The van der Waals surface area contributed by atoms with Gasteiger partial charge in [0, 0.05) is 38.3 Å². The molecule has 2 amide bonds. The van der Waals surface area contributed by atoms with Crippen LogP contribution in [0.15, 0.2) is 0 Å². The molecule has 0 aromatic heterocycles. The summed E-state index contributed by atoms with van der Waals surface area (Å²) >= 11 is 0. The van der Waals surface area contributed by atoms with Crippen LogP contribution in [0.3, 0.4) is 0 Å². The summed E-state index contributed by atoms with van der Waals surface area (Å²) in [7, 11) is -3.18. The van der Waals surface area contributed by atoms with Crippen LogP contribution in [-0.2, 0) is 14.8 Å². The summed E-state index contributed by atoms with van der Waals surface area (Å²) in [5.74, 6) is 0.166. The number of nitrogens with zero attached hydrogens (tertiary/aromatic N) is 2. The van der Waals surface area contributed by atoms with E-state index in [-0.39, 0.29) is 29.5 Å². The van der Waals surface area contributed by atoms with Crippen molar-refractivity contribution in [3.05, 3.63) is 0 Å².